The van der Waals surface area contributed by atoms with Crippen LogP contribution in [0.4, 0.5) is 0 Å². The summed E-state index contributed by atoms with van der Waals surface area (Å²) in [5.74, 6) is 2.40. The minimum Gasteiger partial charge on any atom is -0.456 e. The Hall–Kier alpha value is -6.46. The van der Waals surface area contributed by atoms with Crippen LogP contribution in [0.1, 0.15) is 35.0 Å². The van der Waals surface area contributed by atoms with Crippen molar-refractivity contribution >= 4 is 50.2 Å². The molecule has 2 aliphatic rings. The van der Waals surface area contributed by atoms with E-state index in [1.807, 2.05) is 48.5 Å². The molecule has 1 N–H and O–H groups in total. The van der Waals surface area contributed by atoms with Gasteiger partial charge in [0.05, 0.1) is 5.57 Å². The largest absolute Gasteiger partial charge is 0.456 e. The lowest BCUT2D eigenvalue weighted by Gasteiger charge is -2.25. The molecule has 8 aromatic rings. The highest BCUT2D eigenvalue weighted by Crippen LogP contribution is 2.42. The molecule has 1 aliphatic heterocycles. The maximum absolute atomic E-state index is 6.53. The van der Waals surface area contributed by atoms with E-state index in [0.29, 0.717) is 0 Å². The second-order valence-corrected chi connectivity index (χ2v) is 12.9. The van der Waals surface area contributed by atoms with Gasteiger partial charge in [-0.1, -0.05) is 127 Å². The van der Waals surface area contributed by atoms with Crippen molar-refractivity contribution in [1.82, 2.24) is 5.32 Å². The first-order valence-electron chi connectivity index (χ1n) is 17.1. The third kappa shape index (κ3) is 4.78. The van der Waals surface area contributed by atoms with Crippen LogP contribution in [0.15, 0.2) is 170 Å². The van der Waals surface area contributed by atoms with Crippen LogP contribution < -0.4 is 5.32 Å². The summed E-state index contributed by atoms with van der Waals surface area (Å²) in [7, 11) is 0. The Kier molecular flexibility index (Phi) is 6.62. The van der Waals surface area contributed by atoms with Gasteiger partial charge < -0.3 is 14.2 Å². The molecule has 2 aromatic heterocycles. The smallest absolute Gasteiger partial charge is 0.170 e. The molecule has 0 saturated heterocycles. The monoisotopic (exact) mass is 645 g/mol. The molecule has 6 aromatic carbocycles. The van der Waals surface area contributed by atoms with Crippen LogP contribution in [-0.4, -0.2) is 11.7 Å². The van der Waals surface area contributed by atoms with E-state index in [9.17, 15) is 0 Å². The third-order valence-corrected chi connectivity index (χ3v) is 9.84. The van der Waals surface area contributed by atoms with Crippen molar-refractivity contribution in [2.45, 2.75) is 19.0 Å². The summed E-state index contributed by atoms with van der Waals surface area (Å²) >= 11 is 0. The first kappa shape index (κ1) is 28.5. The molecule has 0 bridgehead atoms. The Bertz CT molecular complexity index is 2660. The molecular weight excluding hydrogens is 615 g/mol. The lowest BCUT2D eigenvalue weighted by Crippen LogP contribution is -2.36. The number of hydrogen-bond donors (Lipinski definition) is 1. The van der Waals surface area contributed by atoms with Crippen LogP contribution in [-0.2, 0) is 6.42 Å². The van der Waals surface area contributed by atoms with Crippen molar-refractivity contribution in [1.29, 1.82) is 0 Å². The van der Waals surface area contributed by atoms with E-state index in [2.05, 4.69) is 108 Å². The zero-order chi connectivity index (χ0) is 33.0. The van der Waals surface area contributed by atoms with E-state index < -0.39 is 6.17 Å². The van der Waals surface area contributed by atoms with Crippen molar-refractivity contribution in [3.05, 3.63) is 174 Å². The fourth-order valence-corrected chi connectivity index (χ4v) is 7.43. The van der Waals surface area contributed by atoms with Crippen molar-refractivity contribution in [2.75, 3.05) is 0 Å². The van der Waals surface area contributed by atoms with Crippen LogP contribution in [0, 0.1) is 0 Å². The highest BCUT2D eigenvalue weighted by atomic mass is 16.3. The van der Waals surface area contributed by atoms with Gasteiger partial charge in [0.1, 0.15) is 34.2 Å². The molecule has 1 unspecified atom stereocenters. The number of para-hydroxylation sites is 2. The fourth-order valence-electron chi connectivity index (χ4n) is 7.43. The summed E-state index contributed by atoms with van der Waals surface area (Å²) in [5, 5.41) is 6.86. The molecule has 0 spiro atoms. The standard InChI is InChI=1S/C45H31N3O2/c1-3-12-28(13-4-1)29-22-24-30(25-23-29)32-26-37(41-35-17-8-10-21-39(35)49-40(41)27-32)45-47-43(31-14-5-2-6-15-31)46-44(48-45)36-19-11-18-34-33-16-7-9-20-38(33)50-42(34)36/h1-10,12-17,19-27,45H,11,18H2,(H,46,47,48). The number of nitrogens with zero attached hydrogens (tertiary/aromatic N) is 2. The Balaban J connectivity index is 1.17. The van der Waals surface area contributed by atoms with Gasteiger partial charge in [-0.05, 0) is 59.4 Å². The summed E-state index contributed by atoms with van der Waals surface area (Å²) < 4.78 is 13.1. The number of aryl methyl sites for hydroxylation is 1. The summed E-state index contributed by atoms with van der Waals surface area (Å²) in [4.78, 5) is 10.7. The molecule has 5 heteroatoms. The number of furan rings is 2. The molecule has 0 radical (unpaired) electrons. The van der Waals surface area contributed by atoms with Gasteiger partial charge in [0, 0.05) is 32.8 Å². The number of rotatable bonds is 5. The van der Waals surface area contributed by atoms with E-state index in [1.54, 1.807) is 0 Å². The maximum Gasteiger partial charge on any atom is 0.170 e. The predicted molar refractivity (Wildman–Crippen MR) is 203 cm³/mol. The molecule has 5 nitrogen and oxygen atoms in total. The second kappa shape index (κ2) is 11.6. The van der Waals surface area contributed by atoms with E-state index in [-0.39, 0.29) is 0 Å². The minimum atomic E-state index is -0.538. The number of fused-ring (bicyclic) bond motifs is 6. The van der Waals surface area contributed by atoms with E-state index in [4.69, 9.17) is 18.8 Å². The Labute approximate surface area is 288 Å². The maximum atomic E-state index is 6.53. The van der Waals surface area contributed by atoms with Crippen LogP contribution in [0.5, 0.6) is 0 Å². The Morgan fingerprint density at radius 2 is 1.12 bits per heavy atom. The van der Waals surface area contributed by atoms with Crippen molar-refractivity contribution in [2.24, 2.45) is 9.98 Å². The van der Waals surface area contributed by atoms with Crippen molar-refractivity contribution in [3.8, 4) is 22.3 Å². The average molecular weight is 646 g/mol. The molecule has 10 rings (SSSR count). The molecule has 3 heterocycles. The summed E-state index contributed by atoms with van der Waals surface area (Å²) in [6.07, 6.45) is 3.54. The molecule has 1 aliphatic carbocycles. The number of aliphatic imine (C=N–C) groups is 2. The van der Waals surface area contributed by atoms with Crippen LogP contribution >= 0.6 is 0 Å². The quantitative estimate of drug-likeness (QED) is 0.203. The number of allylic oxidation sites excluding steroid dienone is 1. The van der Waals surface area contributed by atoms with Crippen LogP contribution in [0.3, 0.4) is 0 Å². The van der Waals surface area contributed by atoms with E-state index >= 15 is 0 Å². The average Bonchev–Trinajstić information content (AvgIpc) is 3.77. The minimum absolute atomic E-state index is 0.538. The van der Waals surface area contributed by atoms with Gasteiger partial charge in [-0.3, -0.25) is 0 Å². The van der Waals surface area contributed by atoms with Gasteiger partial charge in [0.25, 0.3) is 0 Å². The second-order valence-electron chi connectivity index (χ2n) is 12.9. The lowest BCUT2D eigenvalue weighted by atomic mass is 9.93. The number of amidine groups is 2. The molecule has 50 heavy (non-hydrogen) atoms. The Morgan fingerprint density at radius 1 is 0.520 bits per heavy atom. The topological polar surface area (TPSA) is 63.0 Å². The van der Waals surface area contributed by atoms with Crippen LogP contribution in [0.25, 0.3) is 60.7 Å². The van der Waals surface area contributed by atoms with E-state index in [1.165, 1.54) is 16.7 Å². The number of benzene rings is 6. The molecule has 1 atom stereocenters. The molecule has 0 amide bonds. The van der Waals surface area contributed by atoms with Gasteiger partial charge >= 0.3 is 0 Å². The molecule has 0 fully saturated rings. The summed E-state index contributed by atoms with van der Waals surface area (Å²) in [5.41, 5.74) is 11.2. The number of nitrogens with one attached hydrogen (secondary N) is 1. The van der Waals surface area contributed by atoms with Gasteiger partial charge in [0.15, 0.2) is 6.17 Å². The van der Waals surface area contributed by atoms with Gasteiger partial charge in [0.2, 0.25) is 0 Å². The zero-order valence-corrected chi connectivity index (χ0v) is 27.1. The van der Waals surface area contributed by atoms with E-state index in [0.717, 1.165) is 91.0 Å². The van der Waals surface area contributed by atoms with Gasteiger partial charge in [-0.25, -0.2) is 9.98 Å². The van der Waals surface area contributed by atoms with Crippen molar-refractivity contribution < 1.29 is 8.83 Å². The summed E-state index contributed by atoms with van der Waals surface area (Å²) in [6, 6.07) is 50.4. The molecule has 238 valence electrons. The number of hydrogen-bond acceptors (Lipinski definition) is 5. The fraction of sp³-hybridized carbons (Fsp3) is 0.0667. The highest BCUT2D eigenvalue weighted by Gasteiger charge is 2.30. The predicted octanol–water partition coefficient (Wildman–Crippen LogP) is 11.1. The lowest BCUT2D eigenvalue weighted by molar-refractivity contribution is 0.592. The van der Waals surface area contributed by atoms with Gasteiger partial charge in [-0.15, -0.1) is 0 Å². The normalized spacial score (nSPS) is 15.8. The van der Waals surface area contributed by atoms with Crippen LogP contribution in [0.2, 0.25) is 0 Å². The first-order valence-corrected chi connectivity index (χ1v) is 17.1. The van der Waals surface area contributed by atoms with Gasteiger partial charge in [-0.2, -0.15) is 0 Å². The Morgan fingerprint density at radius 3 is 1.88 bits per heavy atom. The van der Waals surface area contributed by atoms with Crippen molar-refractivity contribution in [3.63, 3.8) is 0 Å². The molecular formula is C45H31N3O2. The molecule has 0 saturated carbocycles. The third-order valence-electron chi connectivity index (χ3n) is 9.84. The SMILES string of the molecule is C1=C(C2=NC(c3cc(-c4ccc(-c5ccccc5)cc4)cc4oc5ccccc5c34)N=C(c3ccccc3)N2)c2oc3ccccc3c2CC1. The highest BCUT2D eigenvalue weighted by molar-refractivity contribution is 6.30. The summed E-state index contributed by atoms with van der Waals surface area (Å²) in [6.45, 7) is 0. The zero-order valence-electron chi connectivity index (χ0n) is 27.1. The first-order chi connectivity index (χ1) is 24.8.